The number of ether oxygens (including phenoxy) is 1. The van der Waals surface area contributed by atoms with Gasteiger partial charge in [-0.15, -0.1) is 0 Å². The molecule has 2 rings (SSSR count). The van der Waals surface area contributed by atoms with Crippen LogP contribution >= 0.6 is 39.1 Å². The van der Waals surface area contributed by atoms with Crippen molar-refractivity contribution in [2.24, 2.45) is 0 Å². The van der Waals surface area contributed by atoms with Gasteiger partial charge >= 0.3 is 0 Å². The molecule has 0 radical (unpaired) electrons. The molecule has 2 aromatic carbocycles. The third-order valence-electron chi connectivity index (χ3n) is 3.04. The Morgan fingerprint density at radius 3 is 2.62 bits per heavy atom. The van der Waals surface area contributed by atoms with Gasteiger partial charge in [0.2, 0.25) is 0 Å². The van der Waals surface area contributed by atoms with Crippen LogP contribution in [0.5, 0.6) is 5.75 Å². The average Bonchev–Trinajstić information content (AvgIpc) is 2.43. The monoisotopic (exact) mass is 387 g/mol. The first kappa shape index (κ1) is 16.5. The van der Waals surface area contributed by atoms with Gasteiger partial charge in [-0.05, 0) is 53.5 Å². The number of hydrogen-bond acceptors (Lipinski definition) is 2. The van der Waals surface area contributed by atoms with Crippen molar-refractivity contribution in [3.63, 3.8) is 0 Å². The number of halogens is 3. The van der Waals surface area contributed by atoms with E-state index < -0.39 is 0 Å². The summed E-state index contributed by atoms with van der Waals surface area (Å²) in [6.07, 6.45) is 0. The highest BCUT2D eigenvalue weighted by atomic mass is 79.9. The molecule has 0 saturated carbocycles. The largest absolute Gasteiger partial charge is 0.491 e. The SMILES string of the molecule is CCOc1c(Br)cc(Cl)cc1NC(C)c1ccccc1Cl. The summed E-state index contributed by atoms with van der Waals surface area (Å²) < 4.78 is 6.51. The Morgan fingerprint density at radius 1 is 1.24 bits per heavy atom. The van der Waals surface area contributed by atoms with Crippen LogP contribution in [0.4, 0.5) is 5.69 Å². The number of benzene rings is 2. The third-order valence-corrected chi connectivity index (χ3v) is 4.19. The van der Waals surface area contributed by atoms with Crippen molar-refractivity contribution < 1.29 is 4.74 Å². The fourth-order valence-corrected chi connectivity index (χ4v) is 3.32. The predicted molar refractivity (Wildman–Crippen MR) is 93.8 cm³/mol. The fourth-order valence-electron chi connectivity index (χ4n) is 2.10. The second kappa shape index (κ2) is 7.39. The zero-order valence-electron chi connectivity index (χ0n) is 11.8. The molecule has 0 aromatic heterocycles. The molecule has 0 aliphatic rings. The van der Waals surface area contributed by atoms with Crippen LogP contribution in [0.3, 0.4) is 0 Å². The first-order valence-corrected chi connectivity index (χ1v) is 8.20. The molecule has 112 valence electrons. The van der Waals surface area contributed by atoms with E-state index in [1.165, 1.54) is 0 Å². The van der Waals surface area contributed by atoms with Crippen molar-refractivity contribution in [2.75, 3.05) is 11.9 Å². The van der Waals surface area contributed by atoms with E-state index in [-0.39, 0.29) is 6.04 Å². The second-order valence-electron chi connectivity index (χ2n) is 4.58. The van der Waals surface area contributed by atoms with Gasteiger partial charge in [-0.2, -0.15) is 0 Å². The highest BCUT2D eigenvalue weighted by Gasteiger charge is 2.14. The maximum absolute atomic E-state index is 6.24. The molecule has 0 amide bonds. The van der Waals surface area contributed by atoms with Gasteiger partial charge in [0.15, 0.2) is 5.75 Å². The lowest BCUT2D eigenvalue weighted by Crippen LogP contribution is -2.09. The maximum atomic E-state index is 6.24. The molecule has 0 aliphatic carbocycles. The quantitative estimate of drug-likeness (QED) is 0.646. The molecule has 5 heteroatoms. The molecular formula is C16H16BrCl2NO. The molecular weight excluding hydrogens is 373 g/mol. The van der Waals surface area contributed by atoms with E-state index in [1.807, 2.05) is 50.2 Å². The number of anilines is 1. The van der Waals surface area contributed by atoms with E-state index in [0.717, 1.165) is 26.5 Å². The Labute approximate surface area is 143 Å². The zero-order valence-corrected chi connectivity index (χ0v) is 14.9. The molecule has 2 nitrogen and oxygen atoms in total. The Morgan fingerprint density at radius 2 is 1.95 bits per heavy atom. The van der Waals surface area contributed by atoms with Gasteiger partial charge in [-0.1, -0.05) is 41.4 Å². The summed E-state index contributed by atoms with van der Waals surface area (Å²) in [6, 6.07) is 11.5. The lowest BCUT2D eigenvalue weighted by atomic mass is 10.1. The Balaban J connectivity index is 2.32. The molecule has 0 heterocycles. The van der Waals surface area contributed by atoms with E-state index in [2.05, 4.69) is 21.2 Å². The minimum atomic E-state index is 0.0308. The minimum absolute atomic E-state index is 0.0308. The van der Waals surface area contributed by atoms with E-state index >= 15 is 0 Å². The minimum Gasteiger partial charge on any atom is -0.491 e. The van der Waals surface area contributed by atoms with Crippen LogP contribution in [0.25, 0.3) is 0 Å². The summed E-state index contributed by atoms with van der Waals surface area (Å²) in [6.45, 7) is 4.57. The summed E-state index contributed by atoms with van der Waals surface area (Å²) in [5.41, 5.74) is 1.86. The number of nitrogens with one attached hydrogen (secondary N) is 1. The summed E-state index contributed by atoms with van der Waals surface area (Å²) in [4.78, 5) is 0. The average molecular weight is 389 g/mol. The van der Waals surface area contributed by atoms with E-state index in [1.54, 1.807) is 0 Å². The van der Waals surface area contributed by atoms with Crippen LogP contribution in [-0.4, -0.2) is 6.61 Å². The number of rotatable bonds is 5. The molecule has 0 aliphatic heterocycles. The van der Waals surface area contributed by atoms with E-state index in [9.17, 15) is 0 Å². The molecule has 1 atom stereocenters. The maximum Gasteiger partial charge on any atom is 0.156 e. The van der Waals surface area contributed by atoms with Crippen molar-refractivity contribution in [3.05, 3.63) is 56.5 Å². The van der Waals surface area contributed by atoms with Crippen molar-refractivity contribution in [1.29, 1.82) is 0 Å². The predicted octanol–water partition coefficient (Wildman–Crippen LogP) is 6.33. The summed E-state index contributed by atoms with van der Waals surface area (Å²) in [7, 11) is 0. The molecule has 0 spiro atoms. The second-order valence-corrected chi connectivity index (χ2v) is 6.28. The Bertz CT molecular complexity index is 634. The zero-order chi connectivity index (χ0) is 15.4. The smallest absolute Gasteiger partial charge is 0.156 e. The van der Waals surface area contributed by atoms with Crippen molar-refractivity contribution in [2.45, 2.75) is 19.9 Å². The van der Waals surface area contributed by atoms with Crippen LogP contribution in [0, 0.1) is 0 Å². The molecule has 21 heavy (non-hydrogen) atoms. The van der Waals surface area contributed by atoms with Crippen molar-refractivity contribution in [1.82, 2.24) is 0 Å². The molecule has 0 saturated heterocycles. The van der Waals surface area contributed by atoms with Crippen molar-refractivity contribution in [3.8, 4) is 5.75 Å². The summed E-state index contributed by atoms with van der Waals surface area (Å²) in [5.74, 6) is 0.751. The highest BCUT2D eigenvalue weighted by molar-refractivity contribution is 9.10. The van der Waals surface area contributed by atoms with Gasteiger partial charge in [-0.25, -0.2) is 0 Å². The standard InChI is InChI=1S/C16H16BrCl2NO/c1-3-21-16-13(17)8-11(18)9-15(16)20-10(2)12-6-4-5-7-14(12)19/h4-10,20H,3H2,1-2H3. The van der Waals surface area contributed by atoms with Gasteiger partial charge in [0.1, 0.15) is 0 Å². The van der Waals surface area contributed by atoms with Crippen LogP contribution in [0.2, 0.25) is 10.0 Å². The van der Waals surface area contributed by atoms with E-state index in [4.69, 9.17) is 27.9 Å². The first-order valence-electron chi connectivity index (χ1n) is 6.65. The summed E-state index contributed by atoms with van der Waals surface area (Å²) >= 11 is 15.9. The highest BCUT2D eigenvalue weighted by Crippen LogP contribution is 2.38. The molecule has 1 N–H and O–H groups in total. The lowest BCUT2D eigenvalue weighted by molar-refractivity contribution is 0.339. The normalized spacial score (nSPS) is 12.0. The van der Waals surface area contributed by atoms with Gasteiger partial charge in [0.05, 0.1) is 22.8 Å². The topological polar surface area (TPSA) is 21.3 Å². The lowest BCUT2D eigenvalue weighted by Gasteiger charge is -2.20. The van der Waals surface area contributed by atoms with Gasteiger partial charge < -0.3 is 10.1 Å². The van der Waals surface area contributed by atoms with Crippen LogP contribution in [0.1, 0.15) is 25.5 Å². The van der Waals surface area contributed by atoms with Crippen molar-refractivity contribution >= 4 is 44.8 Å². The molecule has 2 aromatic rings. The van der Waals surface area contributed by atoms with Gasteiger partial charge in [0.25, 0.3) is 0 Å². The van der Waals surface area contributed by atoms with Crippen LogP contribution in [0.15, 0.2) is 40.9 Å². The summed E-state index contributed by atoms with van der Waals surface area (Å²) in [5, 5.41) is 4.78. The third kappa shape index (κ3) is 4.06. The molecule has 0 bridgehead atoms. The van der Waals surface area contributed by atoms with Gasteiger partial charge in [0, 0.05) is 10.0 Å². The number of hydrogen-bond donors (Lipinski definition) is 1. The fraction of sp³-hybridized carbons (Fsp3) is 0.250. The van der Waals surface area contributed by atoms with Crippen LogP contribution < -0.4 is 10.1 Å². The molecule has 1 unspecified atom stereocenters. The molecule has 0 fully saturated rings. The first-order chi connectivity index (χ1) is 10.0. The Kier molecular flexibility index (Phi) is 5.80. The van der Waals surface area contributed by atoms with Gasteiger partial charge in [-0.3, -0.25) is 0 Å². The van der Waals surface area contributed by atoms with Crippen LogP contribution in [-0.2, 0) is 0 Å². The Hall–Kier alpha value is -0.900. The van der Waals surface area contributed by atoms with E-state index in [0.29, 0.717) is 11.6 Å².